The minimum Gasteiger partial charge on any atom is -0.340 e. The fourth-order valence-corrected chi connectivity index (χ4v) is 2.24. The van der Waals surface area contributed by atoms with Gasteiger partial charge in [0, 0.05) is 32.2 Å². The van der Waals surface area contributed by atoms with E-state index in [1.807, 2.05) is 27.8 Å². The van der Waals surface area contributed by atoms with Crippen molar-refractivity contribution >= 4 is 41.5 Å². The van der Waals surface area contributed by atoms with Crippen LogP contribution in [0.1, 0.15) is 37.6 Å². The molecule has 0 aromatic heterocycles. The van der Waals surface area contributed by atoms with Crippen LogP contribution in [0.2, 0.25) is 5.02 Å². The number of nitrogens with one attached hydrogen (secondary N) is 2. The Morgan fingerprint density at radius 3 is 2.42 bits per heavy atom. The summed E-state index contributed by atoms with van der Waals surface area (Å²) in [6, 6.07) is 4.96. The number of hydrogen-bond acceptors (Lipinski definition) is 3. The molecule has 0 atom stereocenters. The van der Waals surface area contributed by atoms with Crippen LogP contribution in [-0.2, 0) is 4.79 Å². The standard InChI is InChI=1S/C17H26ClN3O2.ClH/c1-17(2,3)11-15(22)20-12-6-7-14(18)13(10-12)16(23)21(5)9-8-19-4;/h6-7,10,19H,8-9,11H2,1-5H3,(H,20,22);1H. The van der Waals surface area contributed by atoms with Crippen molar-refractivity contribution in [1.29, 1.82) is 0 Å². The maximum Gasteiger partial charge on any atom is 0.255 e. The minimum atomic E-state index is -0.169. The lowest BCUT2D eigenvalue weighted by Gasteiger charge is -2.19. The maximum atomic E-state index is 12.4. The summed E-state index contributed by atoms with van der Waals surface area (Å²) >= 11 is 6.14. The molecule has 0 heterocycles. The van der Waals surface area contributed by atoms with Crippen molar-refractivity contribution < 1.29 is 9.59 Å². The van der Waals surface area contributed by atoms with Crippen molar-refractivity contribution in [2.45, 2.75) is 27.2 Å². The van der Waals surface area contributed by atoms with E-state index in [2.05, 4.69) is 10.6 Å². The van der Waals surface area contributed by atoms with Crippen LogP contribution >= 0.6 is 24.0 Å². The normalized spacial score (nSPS) is 10.8. The molecule has 5 nitrogen and oxygen atoms in total. The predicted molar refractivity (Wildman–Crippen MR) is 102 cm³/mol. The second kappa shape index (κ2) is 9.87. The van der Waals surface area contributed by atoms with E-state index in [4.69, 9.17) is 11.6 Å². The van der Waals surface area contributed by atoms with E-state index in [1.54, 1.807) is 30.1 Å². The zero-order valence-corrected chi connectivity index (χ0v) is 16.5. The molecule has 0 radical (unpaired) electrons. The molecule has 136 valence electrons. The van der Waals surface area contributed by atoms with Crippen LogP contribution in [0.4, 0.5) is 5.69 Å². The lowest BCUT2D eigenvalue weighted by atomic mass is 9.92. The summed E-state index contributed by atoms with van der Waals surface area (Å²) < 4.78 is 0. The van der Waals surface area contributed by atoms with Gasteiger partial charge in [0.05, 0.1) is 10.6 Å². The summed E-state index contributed by atoms with van der Waals surface area (Å²) in [6.07, 6.45) is 0.404. The van der Waals surface area contributed by atoms with Crippen LogP contribution in [0.3, 0.4) is 0 Å². The largest absolute Gasteiger partial charge is 0.340 e. The van der Waals surface area contributed by atoms with E-state index in [0.29, 0.717) is 35.8 Å². The Hall–Kier alpha value is -1.30. The molecular weight excluding hydrogens is 349 g/mol. The van der Waals surface area contributed by atoms with Gasteiger partial charge in [0.2, 0.25) is 5.91 Å². The summed E-state index contributed by atoms with van der Waals surface area (Å²) in [5.41, 5.74) is 0.871. The highest BCUT2D eigenvalue weighted by Gasteiger charge is 2.18. The molecule has 0 unspecified atom stereocenters. The third-order valence-corrected chi connectivity index (χ3v) is 3.54. The van der Waals surface area contributed by atoms with Crippen molar-refractivity contribution in [2.24, 2.45) is 5.41 Å². The third-order valence-electron chi connectivity index (χ3n) is 3.22. The number of amides is 2. The lowest BCUT2D eigenvalue weighted by Crippen LogP contribution is -2.33. The molecule has 0 bridgehead atoms. The molecule has 0 saturated heterocycles. The molecule has 0 fully saturated rings. The minimum absolute atomic E-state index is 0. The Bertz CT molecular complexity index is 571. The van der Waals surface area contributed by atoms with Crippen molar-refractivity contribution in [3.05, 3.63) is 28.8 Å². The Kier molecular flexibility index (Phi) is 9.33. The molecular formula is C17H27Cl2N3O2. The number of halogens is 2. The van der Waals surface area contributed by atoms with Crippen molar-refractivity contribution in [3.8, 4) is 0 Å². The summed E-state index contributed by atoms with van der Waals surface area (Å²) in [5.74, 6) is -0.251. The Labute approximate surface area is 155 Å². The monoisotopic (exact) mass is 375 g/mol. The number of carbonyl (C=O) groups excluding carboxylic acids is 2. The quantitative estimate of drug-likeness (QED) is 0.800. The number of carbonyl (C=O) groups is 2. The summed E-state index contributed by atoms with van der Waals surface area (Å²) in [6.45, 7) is 7.27. The van der Waals surface area contributed by atoms with Crippen LogP contribution < -0.4 is 10.6 Å². The first-order valence-corrected chi connectivity index (χ1v) is 8.01. The predicted octanol–water partition coefficient (Wildman–Crippen LogP) is 3.43. The van der Waals surface area contributed by atoms with E-state index < -0.39 is 0 Å². The molecule has 1 aromatic rings. The van der Waals surface area contributed by atoms with E-state index in [1.165, 1.54) is 0 Å². The van der Waals surface area contributed by atoms with Gasteiger partial charge < -0.3 is 15.5 Å². The van der Waals surface area contributed by atoms with E-state index in [-0.39, 0.29) is 29.6 Å². The highest BCUT2D eigenvalue weighted by atomic mass is 35.5. The van der Waals surface area contributed by atoms with Crippen LogP contribution in [0.15, 0.2) is 18.2 Å². The lowest BCUT2D eigenvalue weighted by molar-refractivity contribution is -0.117. The van der Waals surface area contributed by atoms with Gasteiger partial charge in [0.25, 0.3) is 5.91 Å². The molecule has 2 amide bonds. The van der Waals surface area contributed by atoms with Gasteiger partial charge in [0.15, 0.2) is 0 Å². The highest BCUT2D eigenvalue weighted by molar-refractivity contribution is 6.34. The number of benzene rings is 1. The smallest absolute Gasteiger partial charge is 0.255 e. The second-order valence-corrected chi connectivity index (χ2v) is 7.22. The number of anilines is 1. The van der Waals surface area contributed by atoms with Gasteiger partial charge in [-0.2, -0.15) is 0 Å². The van der Waals surface area contributed by atoms with Gasteiger partial charge in [0.1, 0.15) is 0 Å². The topological polar surface area (TPSA) is 61.4 Å². The molecule has 0 spiro atoms. The van der Waals surface area contributed by atoms with Gasteiger partial charge in [-0.15, -0.1) is 12.4 Å². The van der Waals surface area contributed by atoms with Gasteiger partial charge in [-0.25, -0.2) is 0 Å². The maximum absolute atomic E-state index is 12.4. The number of likely N-dealkylation sites (N-methyl/N-ethyl adjacent to an activating group) is 2. The van der Waals surface area contributed by atoms with E-state index in [0.717, 1.165) is 0 Å². The first-order chi connectivity index (χ1) is 10.6. The fourth-order valence-electron chi connectivity index (χ4n) is 2.04. The van der Waals surface area contributed by atoms with Gasteiger partial charge in [-0.1, -0.05) is 32.4 Å². The number of hydrogen-bond donors (Lipinski definition) is 2. The Balaban J connectivity index is 0.00000529. The highest BCUT2D eigenvalue weighted by Crippen LogP contribution is 2.24. The molecule has 0 aliphatic heterocycles. The molecule has 0 aliphatic carbocycles. The Morgan fingerprint density at radius 2 is 1.88 bits per heavy atom. The number of rotatable bonds is 6. The molecule has 0 aliphatic rings. The second-order valence-electron chi connectivity index (χ2n) is 6.81. The van der Waals surface area contributed by atoms with Crippen molar-refractivity contribution in [2.75, 3.05) is 32.5 Å². The molecule has 24 heavy (non-hydrogen) atoms. The van der Waals surface area contributed by atoms with E-state index in [9.17, 15) is 9.59 Å². The summed E-state index contributed by atoms with van der Waals surface area (Å²) in [7, 11) is 3.55. The Morgan fingerprint density at radius 1 is 1.25 bits per heavy atom. The number of nitrogens with zero attached hydrogens (tertiary/aromatic N) is 1. The molecule has 0 saturated carbocycles. The van der Waals surface area contributed by atoms with Crippen LogP contribution in [-0.4, -0.2) is 43.9 Å². The van der Waals surface area contributed by atoms with Crippen molar-refractivity contribution in [3.63, 3.8) is 0 Å². The van der Waals surface area contributed by atoms with Crippen molar-refractivity contribution in [1.82, 2.24) is 10.2 Å². The van der Waals surface area contributed by atoms with Gasteiger partial charge in [-0.05, 0) is 30.7 Å². The van der Waals surface area contributed by atoms with Crippen LogP contribution in [0, 0.1) is 5.41 Å². The molecule has 1 rings (SSSR count). The average Bonchev–Trinajstić information content (AvgIpc) is 2.44. The summed E-state index contributed by atoms with van der Waals surface area (Å²) in [5, 5.41) is 6.19. The van der Waals surface area contributed by atoms with Gasteiger partial charge >= 0.3 is 0 Å². The fraction of sp³-hybridized carbons (Fsp3) is 0.529. The van der Waals surface area contributed by atoms with E-state index >= 15 is 0 Å². The first kappa shape index (κ1) is 22.7. The summed E-state index contributed by atoms with van der Waals surface area (Å²) in [4.78, 5) is 26.1. The van der Waals surface area contributed by atoms with Crippen LogP contribution in [0.25, 0.3) is 0 Å². The van der Waals surface area contributed by atoms with Crippen LogP contribution in [0.5, 0.6) is 0 Å². The third kappa shape index (κ3) is 7.51. The average molecular weight is 376 g/mol. The molecule has 1 aromatic carbocycles. The molecule has 2 N–H and O–H groups in total. The molecule has 7 heteroatoms. The SMILES string of the molecule is CNCCN(C)C(=O)c1cc(NC(=O)CC(C)(C)C)ccc1Cl.Cl. The first-order valence-electron chi connectivity index (χ1n) is 7.63. The zero-order valence-electron chi connectivity index (χ0n) is 14.9. The van der Waals surface area contributed by atoms with Gasteiger partial charge in [-0.3, -0.25) is 9.59 Å². The zero-order chi connectivity index (χ0) is 17.6.